The molecule has 18 heavy (non-hydrogen) atoms. The molecule has 3 heteroatoms. The maximum absolute atomic E-state index is 5.67. The molecule has 0 bridgehead atoms. The first-order chi connectivity index (χ1) is 8.81. The summed E-state index contributed by atoms with van der Waals surface area (Å²) < 4.78 is 5.67. The van der Waals surface area contributed by atoms with Crippen LogP contribution in [0.25, 0.3) is 0 Å². The van der Waals surface area contributed by atoms with Gasteiger partial charge in [-0.25, -0.2) is 0 Å². The van der Waals surface area contributed by atoms with Gasteiger partial charge >= 0.3 is 0 Å². The van der Waals surface area contributed by atoms with Crippen LogP contribution in [0.15, 0.2) is 24.3 Å². The second-order valence-corrected chi connectivity index (χ2v) is 5.25. The molecule has 1 heterocycles. The van der Waals surface area contributed by atoms with Crippen LogP contribution in [0.2, 0.25) is 0 Å². The van der Waals surface area contributed by atoms with E-state index in [9.17, 15) is 0 Å². The lowest BCUT2D eigenvalue weighted by atomic mass is 9.90. The van der Waals surface area contributed by atoms with Crippen molar-refractivity contribution in [3.05, 3.63) is 29.8 Å². The SMILES string of the molecule is CCCC(=S)NCCC1CCOc2ccccc21. The van der Waals surface area contributed by atoms with Crippen LogP contribution >= 0.6 is 12.2 Å². The van der Waals surface area contributed by atoms with Crippen LogP contribution in [0.5, 0.6) is 5.75 Å². The molecular formula is C15H21NOS. The number of hydrogen-bond donors (Lipinski definition) is 1. The van der Waals surface area contributed by atoms with Gasteiger partial charge in [0.1, 0.15) is 5.75 Å². The zero-order chi connectivity index (χ0) is 12.8. The molecule has 0 fully saturated rings. The molecule has 0 saturated heterocycles. The van der Waals surface area contributed by atoms with Gasteiger partial charge in [0.05, 0.1) is 11.6 Å². The van der Waals surface area contributed by atoms with Crippen molar-refractivity contribution >= 4 is 17.2 Å². The van der Waals surface area contributed by atoms with Gasteiger partial charge in [0, 0.05) is 6.54 Å². The van der Waals surface area contributed by atoms with E-state index in [1.807, 2.05) is 6.07 Å². The van der Waals surface area contributed by atoms with E-state index in [4.69, 9.17) is 17.0 Å². The molecule has 2 rings (SSSR count). The average Bonchev–Trinajstić information content (AvgIpc) is 2.39. The summed E-state index contributed by atoms with van der Waals surface area (Å²) in [5, 5.41) is 3.35. The van der Waals surface area contributed by atoms with Gasteiger partial charge < -0.3 is 10.1 Å². The highest BCUT2D eigenvalue weighted by Gasteiger charge is 2.20. The third-order valence-corrected chi connectivity index (χ3v) is 3.72. The van der Waals surface area contributed by atoms with E-state index >= 15 is 0 Å². The van der Waals surface area contributed by atoms with E-state index < -0.39 is 0 Å². The van der Waals surface area contributed by atoms with Crippen molar-refractivity contribution in [1.29, 1.82) is 0 Å². The van der Waals surface area contributed by atoms with Crippen LogP contribution in [-0.4, -0.2) is 18.1 Å². The minimum Gasteiger partial charge on any atom is -0.493 e. The van der Waals surface area contributed by atoms with Gasteiger partial charge in [-0.05, 0) is 43.2 Å². The van der Waals surface area contributed by atoms with Gasteiger partial charge in [0.2, 0.25) is 0 Å². The van der Waals surface area contributed by atoms with Crippen LogP contribution in [0, 0.1) is 0 Å². The molecule has 1 aliphatic heterocycles. The van der Waals surface area contributed by atoms with Crippen LogP contribution in [0.3, 0.4) is 0 Å². The number of thiocarbonyl (C=S) groups is 1. The van der Waals surface area contributed by atoms with Crippen molar-refractivity contribution in [2.24, 2.45) is 0 Å². The lowest BCUT2D eigenvalue weighted by Gasteiger charge is -2.26. The normalized spacial score (nSPS) is 17.7. The molecule has 1 unspecified atom stereocenters. The number of nitrogens with one attached hydrogen (secondary N) is 1. The van der Waals surface area contributed by atoms with Gasteiger partial charge in [-0.15, -0.1) is 0 Å². The number of ether oxygens (including phenoxy) is 1. The van der Waals surface area contributed by atoms with Crippen LogP contribution in [0.4, 0.5) is 0 Å². The van der Waals surface area contributed by atoms with Crippen LogP contribution in [0.1, 0.15) is 44.1 Å². The average molecular weight is 263 g/mol. The third kappa shape index (κ3) is 3.45. The Kier molecular flexibility index (Phi) is 5.00. The highest BCUT2D eigenvalue weighted by atomic mass is 32.1. The Balaban J connectivity index is 1.86. The minimum atomic E-state index is 0.604. The van der Waals surface area contributed by atoms with Gasteiger partial charge in [-0.3, -0.25) is 0 Å². The first-order valence-corrected chi connectivity index (χ1v) is 7.20. The molecule has 1 N–H and O–H groups in total. The topological polar surface area (TPSA) is 21.3 Å². The van der Waals surface area contributed by atoms with Crippen molar-refractivity contribution in [2.75, 3.05) is 13.2 Å². The molecule has 1 aliphatic rings. The van der Waals surface area contributed by atoms with E-state index in [1.54, 1.807) is 0 Å². The molecule has 2 nitrogen and oxygen atoms in total. The van der Waals surface area contributed by atoms with Gasteiger partial charge in [-0.2, -0.15) is 0 Å². The molecule has 1 aromatic rings. The van der Waals surface area contributed by atoms with Crippen molar-refractivity contribution in [3.63, 3.8) is 0 Å². The maximum Gasteiger partial charge on any atom is 0.122 e. The first-order valence-electron chi connectivity index (χ1n) is 6.79. The van der Waals surface area contributed by atoms with Gasteiger partial charge in [-0.1, -0.05) is 37.3 Å². The Morgan fingerprint density at radius 3 is 3.11 bits per heavy atom. The third-order valence-electron chi connectivity index (χ3n) is 3.37. The van der Waals surface area contributed by atoms with Gasteiger partial charge in [0.15, 0.2) is 0 Å². The summed E-state index contributed by atoms with van der Waals surface area (Å²) in [5.74, 6) is 1.66. The Hall–Kier alpha value is -1.09. The fourth-order valence-corrected chi connectivity index (χ4v) is 2.72. The van der Waals surface area contributed by atoms with Crippen molar-refractivity contribution < 1.29 is 4.74 Å². The molecular weight excluding hydrogens is 242 g/mol. The molecule has 0 aliphatic carbocycles. The fraction of sp³-hybridized carbons (Fsp3) is 0.533. The second-order valence-electron chi connectivity index (χ2n) is 4.76. The molecule has 98 valence electrons. The van der Waals surface area contributed by atoms with Crippen molar-refractivity contribution in [3.8, 4) is 5.75 Å². The highest BCUT2D eigenvalue weighted by molar-refractivity contribution is 7.80. The first kappa shape index (κ1) is 13.3. The predicted octanol–water partition coefficient (Wildman–Crippen LogP) is 3.66. The van der Waals surface area contributed by atoms with Crippen molar-refractivity contribution in [2.45, 2.75) is 38.5 Å². The summed E-state index contributed by atoms with van der Waals surface area (Å²) >= 11 is 5.26. The second kappa shape index (κ2) is 6.74. The van der Waals surface area contributed by atoms with E-state index in [-0.39, 0.29) is 0 Å². The van der Waals surface area contributed by atoms with E-state index in [2.05, 4.69) is 30.4 Å². The standard InChI is InChI=1S/C15H21NOS/c1-2-5-15(18)16-10-8-12-9-11-17-14-7-4-3-6-13(12)14/h3-4,6-7,12H,2,5,8-11H2,1H3,(H,16,18). The lowest BCUT2D eigenvalue weighted by Crippen LogP contribution is -2.25. The van der Waals surface area contributed by atoms with Crippen LogP contribution in [-0.2, 0) is 0 Å². The Bertz CT molecular complexity index is 405. The zero-order valence-corrected chi connectivity index (χ0v) is 11.8. The minimum absolute atomic E-state index is 0.604. The number of benzene rings is 1. The summed E-state index contributed by atoms with van der Waals surface area (Å²) in [6.45, 7) is 3.96. The Morgan fingerprint density at radius 2 is 2.28 bits per heavy atom. The fourth-order valence-electron chi connectivity index (χ4n) is 2.42. The summed E-state index contributed by atoms with van der Waals surface area (Å²) in [7, 11) is 0. The van der Waals surface area contributed by atoms with Gasteiger partial charge in [0.25, 0.3) is 0 Å². The largest absolute Gasteiger partial charge is 0.493 e. The Morgan fingerprint density at radius 1 is 1.44 bits per heavy atom. The number of hydrogen-bond acceptors (Lipinski definition) is 2. The summed E-state index contributed by atoms with van der Waals surface area (Å²) in [6.07, 6.45) is 4.36. The molecule has 0 saturated carbocycles. The quantitative estimate of drug-likeness (QED) is 0.819. The summed E-state index contributed by atoms with van der Waals surface area (Å²) in [6, 6.07) is 8.38. The molecule has 0 amide bonds. The Labute approximate surface area is 115 Å². The molecule has 0 aromatic heterocycles. The summed E-state index contributed by atoms with van der Waals surface area (Å²) in [5.41, 5.74) is 1.35. The number of fused-ring (bicyclic) bond motifs is 1. The maximum atomic E-state index is 5.67. The van der Waals surface area contributed by atoms with E-state index in [0.29, 0.717) is 5.92 Å². The predicted molar refractivity (Wildman–Crippen MR) is 79.4 cm³/mol. The van der Waals surface area contributed by atoms with E-state index in [0.717, 1.165) is 49.6 Å². The monoisotopic (exact) mass is 263 g/mol. The molecule has 0 radical (unpaired) electrons. The number of rotatable bonds is 5. The van der Waals surface area contributed by atoms with Crippen molar-refractivity contribution in [1.82, 2.24) is 5.32 Å². The lowest BCUT2D eigenvalue weighted by molar-refractivity contribution is 0.263. The summed E-state index contributed by atoms with van der Waals surface area (Å²) in [4.78, 5) is 0.998. The highest BCUT2D eigenvalue weighted by Crippen LogP contribution is 2.34. The molecule has 1 aromatic carbocycles. The number of para-hydroxylation sites is 1. The zero-order valence-electron chi connectivity index (χ0n) is 10.9. The van der Waals surface area contributed by atoms with E-state index in [1.165, 1.54) is 5.56 Å². The smallest absolute Gasteiger partial charge is 0.122 e. The molecule has 0 spiro atoms. The van der Waals surface area contributed by atoms with Crippen LogP contribution < -0.4 is 10.1 Å². The molecule has 1 atom stereocenters.